The first kappa shape index (κ1) is 8.53. The van der Waals surface area contributed by atoms with Gasteiger partial charge in [-0.3, -0.25) is 4.79 Å². The van der Waals surface area contributed by atoms with E-state index in [1.807, 2.05) is 14.0 Å². The van der Waals surface area contributed by atoms with E-state index in [0.29, 0.717) is 6.42 Å². The summed E-state index contributed by atoms with van der Waals surface area (Å²) < 4.78 is 0. The van der Waals surface area contributed by atoms with E-state index >= 15 is 0 Å². The van der Waals surface area contributed by atoms with Crippen LogP contribution in [-0.2, 0) is 4.79 Å². The lowest BCUT2D eigenvalue weighted by molar-refractivity contribution is -0.129. The van der Waals surface area contributed by atoms with Crippen LogP contribution < -0.4 is 0 Å². The number of hydrogen-bond donors (Lipinski definition) is 0. The number of carbonyl (C=O) groups is 1. The van der Waals surface area contributed by atoms with Crippen LogP contribution in [0, 0.1) is 0 Å². The third-order valence-electron chi connectivity index (χ3n) is 1.29. The number of nitrogens with zero attached hydrogens (tertiary/aromatic N) is 1. The number of hydrogen-bond acceptors (Lipinski definition) is 1. The molecule has 0 aromatic heterocycles. The molecule has 52 valence electrons. The van der Waals surface area contributed by atoms with Crippen molar-refractivity contribution >= 4 is 13.8 Å². The Balaban J connectivity index is 3.45. The molecular formula is C6H14BNO. The molecule has 0 saturated carbocycles. The molecule has 0 saturated heterocycles. The van der Waals surface area contributed by atoms with Crippen LogP contribution in [0.25, 0.3) is 0 Å². The summed E-state index contributed by atoms with van der Waals surface area (Å²) in [6.45, 7) is 2.77. The highest BCUT2D eigenvalue weighted by Gasteiger charge is 2.01. The van der Waals surface area contributed by atoms with Crippen molar-refractivity contribution in [3.63, 3.8) is 0 Å². The highest BCUT2D eigenvalue weighted by atomic mass is 16.2. The second-order valence-electron chi connectivity index (χ2n) is 2.17. The lowest BCUT2D eigenvalue weighted by Gasteiger charge is -2.13. The van der Waals surface area contributed by atoms with Gasteiger partial charge in [-0.1, -0.05) is 13.2 Å². The Bertz CT molecular complexity index is 95.1. The maximum atomic E-state index is 10.8. The van der Waals surface area contributed by atoms with Gasteiger partial charge in [-0.05, 0) is 0 Å². The monoisotopic (exact) mass is 127 g/mol. The summed E-state index contributed by atoms with van der Waals surface area (Å²) in [5.74, 6) is 0.233. The van der Waals surface area contributed by atoms with Crippen LogP contribution in [0.5, 0.6) is 0 Å². The Morgan fingerprint density at radius 1 is 1.67 bits per heavy atom. The van der Waals surface area contributed by atoms with Crippen molar-refractivity contribution in [2.45, 2.75) is 19.7 Å². The predicted molar refractivity (Wildman–Crippen MR) is 41.3 cm³/mol. The zero-order chi connectivity index (χ0) is 7.28. The van der Waals surface area contributed by atoms with Gasteiger partial charge in [0.2, 0.25) is 5.91 Å². The van der Waals surface area contributed by atoms with E-state index in [4.69, 9.17) is 0 Å². The van der Waals surface area contributed by atoms with Crippen LogP contribution in [0.2, 0.25) is 6.32 Å². The molecule has 0 fully saturated rings. The Morgan fingerprint density at radius 3 is 2.56 bits per heavy atom. The first-order valence-electron chi connectivity index (χ1n) is 3.46. The molecule has 0 aromatic rings. The van der Waals surface area contributed by atoms with Crippen LogP contribution >= 0.6 is 0 Å². The fourth-order valence-corrected chi connectivity index (χ4v) is 0.730. The quantitative estimate of drug-likeness (QED) is 0.485. The third-order valence-corrected chi connectivity index (χ3v) is 1.29. The Labute approximate surface area is 57.6 Å². The normalized spacial score (nSPS) is 9.11. The first-order chi connectivity index (χ1) is 4.22. The van der Waals surface area contributed by atoms with E-state index in [0.717, 1.165) is 12.9 Å². The Morgan fingerprint density at radius 2 is 2.22 bits per heavy atom. The third kappa shape index (κ3) is 3.17. The minimum absolute atomic E-state index is 0.233. The van der Waals surface area contributed by atoms with Crippen molar-refractivity contribution in [3.05, 3.63) is 0 Å². The zero-order valence-corrected chi connectivity index (χ0v) is 6.48. The van der Waals surface area contributed by atoms with Crippen molar-refractivity contribution in [2.75, 3.05) is 13.6 Å². The van der Waals surface area contributed by atoms with E-state index in [1.54, 1.807) is 4.90 Å². The molecule has 1 amide bonds. The van der Waals surface area contributed by atoms with Gasteiger partial charge in [0.25, 0.3) is 0 Å². The summed E-state index contributed by atoms with van der Waals surface area (Å²) in [6.07, 6.45) is 1.67. The van der Waals surface area contributed by atoms with Gasteiger partial charge in [-0.15, -0.1) is 0 Å². The average Bonchev–Trinajstić information content (AvgIpc) is 1.87. The highest BCUT2D eigenvalue weighted by Crippen LogP contribution is 1.89. The molecule has 0 aliphatic rings. The molecule has 3 heteroatoms. The molecule has 0 atom stereocenters. The lowest BCUT2D eigenvalue weighted by Crippen LogP contribution is -2.26. The molecular weight excluding hydrogens is 113 g/mol. The van der Waals surface area contributed by atoms with E-state index in [-0.39, 0.29) is 5.91 Å². The van der Waals surface area contributed by atoms with Gasteiger partial charge in [-0.2, -0.15) is 0 Å². The van der Waals surface area contributed by atoms with E-state index in [9.17, 15) is 4.79 Å². The van der Waals surface area contributed by atoms with E-state index in [1.165, 1.54) is 0 Å². The van der Waals surface area contributed by atoms with Crippen molar-refractivity contribution in [3.8, 4) is 0 Å². The van der Waals surface area contributed by atoms with Gasteiger partial charge in [0.15, 0.2) is 0 Å². The maximum absolute atomic E-state index is 10.8. The molecule has 0 aliphatic heterocycles. The fraction of sp³-hybridized carbons (Fsp3) is 0.833. The van der Waals surface area contributed by atoms with Gasteiger partial charge < -0.3 is 4.90 Å². The molecule has 0 radical (unpaired) electrons. The summed E-state index contributed by atoms with van der Waals surface area (Å²) in [4.78, 5) is 12.6. The molecule has 2 nitrogen and oxygen atoms in total. The van der Waals surface area contributed by atoms with E-state index in [2.05, 4.69) is 7.85 Å². The molecule has 0 spiro atoms. The summed E-state index contributed by atoms with van der Waals surface area (Å²) in [5, 5.41) is 0. The van der Waals surface area contributed by atoms with E-state index < -0.39 is 0 Å². The lowest BCUT2D eigenvalue weighted by atomic mass is 10.1. The standard InChI is InChI=1S/C6H14BNO/c1-3-6(9)8(2)5-4-7/h3-5,7H2,1-2H3. The molecule has 0 unspecified atom stereocenters. The van der Waals surface area contributed by atoms with Gasteiger partial charge in [0.1, 0.15) is 7.85 Å². The Hall–Kier alpha value is -0.465. The molecule has 9 heavy (non-hydrogen) atoms. The predicted octanol–water partition coefficient (Wildman–Crippen LogP) is -0.0938. The van der Waals surface area contributed by atoms with Crippen LogP contribution in [0.15, 0.2) is 0 Å². The van der Waals surface area contributed by atoms with Crippen molar-refractivity contribution in [2.24, 2.45) is 0 Å². The highest BCUT2D eigenvalue weighted by molar-refractivity contribution is 6.08. The molecule has 0 aromatic carbocycles. The smallest absolute Gasteiger partial charge is 0.222 e. The van der Waals surface area contributed by atoms with Gasteiger partial charge >= 0.3 is 0 Å². The number of carbonyl (C=O) groups excluding carboxylic acids is 1. The van der Waals surface area contributed by atoms with Crippen LogP contribution in [0.4, 0.5) is 0 Å². The van der Waals surface area contributed by atoms with Gasteiger partial charge in [0, 0.05) is 20.0 Å². The van der Waals surface area contributed by atoms with Crippen LogP contribution in [-0.4, -0.2) is 32.2 Å². The summed E-state index contributed by atoms with van der Waals surface area (Å²) in [6, 6.07) is 0. The molecule has 0 N–H and O–H groups in total. The van der Waals surface area contributed by atoms with Crippen molar-refractivity contribution in [1.82, 2.24) is 4.90 Å². The topological polar surface area (TPSA) is 20.3 Å². The second-order valence-corrected chi connectivity index (χ2v) is 2.17. The van der Waals surface area contributed by atoms with Crippen molar-refractivity contribution < 1.29 is 4.79 Å². The van der Waals surface area contributed by atoms with Gasteiger partial charge in [0.05, 0.1) is 0 Å². The summed E-state index contributed by atoms with van der Waals surface area (Å²) in [5.41, 5.74) is 0. The summed E-state index contributed by atoms with van der Waals surface area (Å²) >= 11 is 0. The van der Waals surface area contributed by atoms with Crippen LogP contribution in [0.3, 0.4) is 0 Å². The number of rotatable bonds is 3. The Kier molecular flexibility index (Phi) is 4.19. The summed E-state index contributed by atoms with van der Waals surface area (Å²) in [7, 11) is 3.91. The maximum Gasteiger partial charge on any atom is 0.222 e. The fourth-order valence-electron chi connectivity index (χ4n) is 0.730. The minimum Gasteiger partial charge on any atom is -0.346 e. The van der Waals surface area contributed by atoms with Crippen LogP contribution in [0.1, 0.15) is 13.3 Å². The molecule has 0 aliphatic carbocycles. The van der Waals surface area contributed by atoms with Gasteiger partial charge in [-0.25, -0.2) is 0 Å². The SMILES string of the molecule is BCCN(C)C(=O)CC. The largest absolute Gasteiger partial charge is 0.346 e. The average molecular weight is 127 g/mol. The molecule has 0 rings (SSSR count). The zero-order valence-electron chi connectivity index (χ0n) is 6.48. The molecule has 0 bridgehead atoms. The number of amides is 1. The molecule has 0 heterocycles. The van der Waals surface area contributed by atoms with Crippen molar-refractivity contribution in [1.29, 1.82) is 0 Å². The first-order valence-corrected chi connectivity index (χ1v) is 3.46. The minimum atomic E-state index is 0.233. The second kappa shape index (κ2) is 4.42.